The number of fused-ring (bicyclic) bond motifs is 2. The van der Waals surface area contributed by atoms with Crippen LogP contribution in [0.4, 0.5) is 0 Å². The molecule has 44 heavy (non-hydrogen) atoms. The number of hydrogen-bond donors (Lipinski definition) is 1. The van der Waals surface area contributed by atoms with E-state index >= 15 is 0 Å². The Balaban J connectivity index is 1.27. The number of nitrogens with zero attached hydrogens (tertiary/aromatic N) is 3. The monoisotopic (exact) mass is 594 g/mol. The minimum absolute atomic E-state index is 0.0170. The van der Waals surface area contributed by atoms with Crippen molar-refractivity contribution in [1.29, 1.82) is 0 Å². The largest absolute Gasteiger partial charge is 0.486 e. The predicted molar refractivity (Wildman–Crippen MR) is 170 cm³/mol. The summed E-state index contributed by atoms with van der Waals surface area (Å²) in [4.78, 5) is 15.1. The number of hydrogen-bond acceptors (Lipinski definition) is 7. The minimum atomic E-state index is -0.321. The SMILES string of the molecule is C=CCN(CC=C)[C@@H](C)[C@H](Oc1ccc2c(cnn2-c2cccc(C(=O)N[C@@H]3CCOC3)c2)c1)c1ccc2c(c1)OCCO2. The topological polar surface area (TPSA) is 87.1 Å². The minimum Gasteiger partial charge on any atom is -0.486 e. The molecule has 0 saturated carbocycles. The first-order chi connectivity index (χ1) is 21.5. The van der Waals surface area contributed by atoms with Gasteiger partial charge in [-0.1, -0.05) is 24.3 Å². The smallest absolute Gasteiger partial charge is 0.251 e. The van der Waals surface area contributed by atoms with Gasteiger partial charge in [0.2, 0.25) is 0 Å². The first-order valence-corrected chi connectivity index (χ1v) is 15.0. The van der Waals surface area contributed by atoms with Crippen LogP contribution in [0.1, 0.15) is 35.4 Å². The van der Waals surface area contributed by atoms with Crippen LogP contribution in [0.15, 0.2) is 92.2 Å². The average molecular weight is 595 g/mol. The van der Waals surface area contributed by atoms with Crippen molar-refractivity contribution >= 4 is 16.8 Å². The number of carbonyl (C=O) groups excluding carboxylic acids is 1. The number of amides is 1. The lowest BCUT2D eigenvalue weighted by Crippen LogP contribution is -2.40. The standard InChI is InChI=1S/C35H38N4O5/c1-4-14-38(15-5-2)24(3)34(25-9-12-32-33(21-25)43-18-17-42-32)44-30-10-11-31-27(20-30)22-36-39(31)29-8-6-7-26(19-29)35(40)37-28-13-16-41-23-28/h4-12,19-22,24,28,34H,1-2,13-18,23H2,3H3,(H,37,40)/t24-,28+,34-/m0/s1. The molecule has 1 aromatic heterocycles. The highest BCUT2D eigenvalue weighted by molar-refractivity contribution is 5.95. The molecule has 6 rings (SSSR count). The average Bonchev–Trinajstić information content (AvgIpc) is 3.73. The van der Waals surface area contributed by atoms with Crippen LogP contribution < -0.4 is 19.5 Å². The van der Waals surface area contributed by atoms with E-state index in [9.17, 15) is 4.79 Å². The third kappa shape index (κ3) is 6.34. The van der Waals surface area contributed by atoms with Gasteiger partial charge in [-0.05, 0) is 67.4 Å². The maximum Gasteiger partial charge on any atom is 0.251 e. The Kier molecular flexibility index (Phi) is 8.95. The summed E-state index contributed by atoms with van der Waals surface area (Å²) in [5.41, 5.74) is 3.27. The fraction of sp³-hybridized carbons (Fsp3) is 0.314. The lowest BCUT2D eigenvalue weighted by molar-refractivity contribution is 0.0897. The van der Waals surface area contributed by atoms with Crippen molar-refractivity contribution in [2.75, 3.05) is 39.5 Å². The Morgan fingerprint density at radius 3 is 2.66 bits per heavy atom. The van der Waals surface area contributed by atoms with Crippen molar-refractivity contribution in [3.63, 3.8) is 0 Å². The van der Waals surface area contributed by atoms with E-state index in [2.05, 4.69) is 35.4 Å². The summed E-state index contributed by atoms with van der Waals surface area (Å²) in [6.07, 6.45) is 6.11. The Hall–Kier alpha value is -4.60. The fourth-order valence-electron chi connectivity index (χ4n) is 5.74. The van der Waals surface area contributed by atoms with E-state index in [-0.39, 0.29) is 24.1 Å². The number of aromatic nitrogens is 2. The number of nitrogens with one attached hydrogen (secondary N) is 1. The third-order valence-corrected chi connectivity index (χ3v) is 8.06. The Morgan fingerprint density at radius 2 is 1.89 bits per heavy atom. The Labute approximate surface area is 257 Å². The van der Waals surface area contributed by atoms with Gasteiger partial charge in [-0.3, -0.25) is 9.69 Å². The van der Waals surface area contributed by atoms with Gasteiger partial charge in [0.25, 0.3) is 5.91 Å². The first kappa shape index (κ1) is 29.5. The summed E-state index contributed by atoms with van der Waals surface area (Å²) in [5.74, 6) is 2.06. The van der Waals surface area contributed by atoms with Crippen molar-refractivity contribution in [3.05, 3.63) is 103 Å². The maximum atomic E-state index is 12.9. The molecule has 228 valence electrons. The third-order valence-electron chi connectivity index (χ3n) is 8.06. The van der Waals surface area contributed by atoms with Gasteiger partial charge in [-0.2, -0.15) is 5.10 Å². The molecule has 0 radical (unpaired) electrons. The number of benzene rings is 3. The summed E-state index contributed by atoms with van der Waals surface area (Å²) in [5, 5.41) is 8.63. The number of carbonyl (C=O) groups is 1. The van der Waals surface area contributed by atoms with Gasteiger partial charge in [-0.15, -0.1) is 13.2 Å². The molecule has 1 saturated heterocycles. The Bertz CT molecular complexity index is 1630. The van der Waals surface area contributed by atoms with E-state index in [1.807, 2.05) is 83.7 Å². The molecule has 1 amide bonds. The summed E-state index contributed by atoms with van der Waals surface area (Å²) >= 11 is 0. The van der Waals surface area contributed by atoms with Crippen LogP contribution in [-0.2, 0) is 4.74 Å². The number of rotatable bonds is 12. The molecule has 0 spiro atoms. The van der Waals surface area contributed by atoms with E-state index in [1.54, 1.807) is 0 Å². The zero-order chi connectivity index (χ0) is 30.5. The van der Waals surface area contributed by atoms with Gasteiger partial charge in [0.05, 0.1) is 30.0 Å². The van der Waals surface area contributed by atoms with Crippen LogP contribution in [-0.4, -0.2) is 72.2 Å². The molecule has 1 fully saturated rings. The second-order valence-corrected chi connectivity index (χ2v) is 11.1. The van der Waals surface area contributed by atoms with E-state index in [0.29, 0.717) is 50.8 Å². The molecule has 0 bridgehead atoms. The summed E-state index contributed by atoms with van der Waals surface area (Å²) < 4.78 is 25.6. The van der Waals surface area contributed by atoms with Crippen molar-refractivity contribution in [1.82, 2.24) is 20.0 Å². The summed E-state index contributed by atoms with van der Waals surface area (Å²) in [6, 6.07) is 19.5. The van der Waals surface area contributed by atoms with Crippen LogP contribution in [0.5, 0.6) is 17.2 Å². The van der Waals surface area contributed by atoms with Gasteiger partial charge < -0.3 is 24.3 Å². The van der Waals surface area contributed by atoms with Crippen LogP contribution in [0, 0.1) is 0 Å². The van der Waals surface area contributed by atoms with Crippen LogP contribution in [0.3, 0.4) is 0 Å². The molecule has 4 aromatic rings. The molecular formula is C35H38N4O5. The molecule has 1 N–H and O–H groups in total. The summed E-state index contributed by atoms with van der Waals surface area (Å²) in [6.45, 7) is 13.7. The number of ether oxygens (including phenoxy) is 4. The molecular weight excluding hydrogens is 556 g/mol. The van der Waals surface area contributed by atoms with Crippen molar-refractivity contribution in [2.45, 2.75) is 31.5 Å². The Morgan fingerprint density at radius 1 is 1.07 bits per heavy atom. The van der Waals surface area contributed by atoms with Crippen LogP contribution >= 0.6 is 0 Å². The highest BCUT2D eigenvalue weighted by atomic mass is 16.6. The highest BCUT2D eigenvalue weighted by Gasteiger charge is 2.28. The van der Waals surface area contributed by atoms with E-state index < -0.39 is 0 Å². The molecule has 2 aliphatic heterocycles. The molecule has 2 aliphatic rings. The van der Waals surface area contributed by atoms with Crippen molar-refractivity contribution in [3.8, 4) is 22.9 Å². The lowest BCUT2D eigenvalue weighted by atomic mass is 10.0. The molecule has 3 atom stereocenters. The normalized spacial score (nSPS) is 17.3. The van der Waals surface area contributed by atoms with Gasteiger partial charge in [0.15, 0.2) is 11.5 Å². The lowest BCUT2D eigenvalue weighted by Gasteiger charge is -2.34. The first-order valence-electron chi connectivity index (χ1n) is 15.0. The van der Waals surface area contributed by atoms with E-state index in [1.165, 1.54) is 0 Å². The van der Waals surface area contributed by atoms with Crippen LogP contribution in [0.25, 0.3) is 16.6 Å². The molecule has 9 heteroatoms. The molecule has 0 unspecified atom stereocenters. The van der Waals surface area contributed by atoms with E-state index in [0.717, 1.165) is 40.1 Å². The van der Waals surface area contributed by atoms with Gasteiger partial charge in [0, 0.05) is 36.7 Å². The van der Waals surface area contributed by atoms with Crippen molar-refractivity contribution < 1.29 is 23.7 Å². The van der Waals surface area contributed by atoms with Gasteiger partial charge in [0.1, 0.15) is 25.1 Å². The fourth-order valence-corrected chi connectivity index (χ4v) is 5.74. The quantitative estimate of drug-likeness (QED) is 0.217. The van der Waals surface area contributed by atoms with E-state index in [4.69, 9.17) is 18.9 Å². The highest BCUT2D eigenvalue weighted by Crippen LogP contribution is 2.36. The zero-order valence-electron chi connectivity index (χ0n) is 25.0. The second-order valence-electron chi connectivity index (χ2n) is 11.1. The molecule has 3 aromatic carbocycles. The van der Waals surface area contributed by atoms with Crippen LogP contribution in [0.2, 0.25) is 0 Å². The second kappa shape index (κ2) is 13.4. The molecule has 3 heterocycles. The molecule has 9 nitrogen and oxygen atoms in total. The van der Waals surface area contributed by atoms with Gasteiger partial charge >= 0.3 is 0 Å². The van der Waals surface area contributed by atoms with Crippen molar-refractivity contribution in [2.24, 2.45) is 0 Å². The molecule has 0 aliphatic carbocycles. The predicted octanol–water partition coefficient (Wildman–Crippen LogP) is 5.50. The zero-order valence-corrected chi connectivity index (χ0v) is 25.0. The van der Waals surface area contributed by atoms with Gasteiger partial charge in [-0.25, -0.2) is 4.68 Å². The summed E-state index contributed by atoms with van der Waals surface area (Å²) in [7, 11) is 0. The maximum absolute atomic E-state index is 12.9.